The highest BCUT2D eigenvalue weighted by Crippen LogP contribution is 2.27. The van der Waals surface area contributed by atoms with Crippen molar-refractivity contribution >= 4 is 22.5 Å². The van der Waals surface area contributed by atoms with Crippen LogP contribution in [0.1, 0.15) is 25.8 Å². The lowest BCUT2D eigenvalue weighted by molar-refractivity contribution is 0.259. The summed E-state index contributed by atoms with van der Waals surface area (Å²) in [5.74, 6) is 0. The third kappa shape index (κ3) is 3.00. The standard InChI is InChI=1S/C9H13N7OS/c1-9(2,3)6-13-14-8(18-6)12-7(17)15-16-4-10-11-5-16/h4-5H,1-3H3,(H2,12,14,15,17). The summed E-state index contributed by atoms with van der Waals surface area (Å²) in [6, 6.07) is -0.425. The maximum atomic E-state index is 11.6. The first-order valence-corrected chi connectivity index (χ1v) is 6.03. The summed E-state index contributed by atoms with van der Waals surface area (Å²) < 4.78 is 1.33. The van der Waals surface area contributed by atoms with Gasteiger partial charge in [-0.3, -0.25) is 5.32 Å². The monoisotopic (exact) mass is 267 g/mol. The number of nitrogens with one attached hydrogen (secondary N) is 2. The van der Waals surface area contributed by atoms with Gasteiger partial charge in [0.1, 0.15) is 17.7 Å². The number of nitrogens with zero attached hydrogens (tertiary/aromatic N) is 5. The Morgan fingerprint density at radius 1 is 1.28 bits per heavy atom. The zero-order chi connectivity index (χ0) is 13.2. The summed E-state index contributed by atoms with van der Waals surface area (Å²) in [5, 5.41) is 19.0. The van der Waals surface area contributed by atoms with Crippen LogP contribution in [0.2, 0.25) is 0 Å². The minimum Gasteiger partial charge on any atom is -0.281 e. The largest absolute Gasteiger partial charge is 0.340 e. The van der Waals surface area contributed by atoms with E-state index in [2.05, 4.69) is 31.1 Å². The van der Waals surface area contributed by atoms with Crippen molar-refractivity contribution in [3.8, 4) is 0 Å². The van der Waals surface area contributed by atoms with Gasteiger partial charge in [0.2, 0.25) is 5.13 Å². The molecule has 0 spiro atoms. The molecule has 0 radical (unpaired) electrons. The minimum absolute atomic E-state index is 0.0810. The van der Waals surface area contributed by atoms with Gasteiger partial charge in [-0.2, -0.15) is 0 Å². The molecule has 0 saturated carbocycles. The molecule has 2 N–H and O–H groups in total. The lowest BCUT2D eigenvalue weighted by atomic mass is 9.98. The van der Waals surface area contributed by atoms with E-state index in [1.54, 1.807) is 0 Å². The van der Waals surface area contributed by atoms with Crippen molar-refractivity contribution in [2.75, 3.05) is 10.7 Å². The summed E-state index contributed by atoms with van der Waals surface area (Å²) in [4.78, 5) is 11.6. The highest BCUT2D eigenvalue weighted by molar-refractivity contribution is 7.15. The van der Waals surface area contributed by atoms with E-state index in [1.165, 1.54) is 28.7 Å². The second-order valence-electron chi connectivity index (χ2n) is 4.60. The van der Waals surface area contributed by atoms with Gasteiger partial charge in [0.15, 0.2) is 0 Å². The lowest BCUT2D eigenvalue weighted by Crippen LogP contribution is -2.26. The molecule has 0 saturated heterocycles. The number of anilines is 1. The minimum atomic E-state index is -0.425. The molecule has 2 aromatic heterocycles. The van der Waals surface area contributed by atoms with Gasteiger partial charge in [-0.1, -0.05) is 32.1 Å². The molecular formula is C9H13N7OS. The van der Waals surface area contributed by atoms with Crippen LogP contribution in [0.25, 0.3) is 0 Å². The van der Waals surface area contributed by atoms with E-state index < -0.39 is 6.03 Å². The van der Waals surface area contributed by atoms with Crippen molar-refractivity contribution in [1.29, 1.82) is 0 Å². The Labute approximate surface area is 107 Å². The zero-order valence-electron chi connectivity index (χ0n) is 10.2. The molecule has 0 bridgehead atoms. The Kier molecular flexibility index (Phi) is 3.24. The summed E-state index contributed by atoms with van der Waals surface area (Å²) in [7, 11) is 0. The highest BCUT2D eigenvalue weighted by Gasteiger charge is 2.19. The molecular weight excluding hydrogens is 254 g/mol. The average Bonchev–Trinajstić information content (AvgIpc) is 2.87. The Hall–Kier alpha value is -2.03. The van der Waals surface area contributed by atoms with Gasteiger partial charge in [-0.15, -0.1) is 20.4 Å². The van der Waals surface area contributed by atoms with E-state index in [9.17, 15) is 4.79 Å². The average molecular weight is 267 g/mol. The van der Waals surface area contributed by atoms with E-state index in [1.807, 2.05) is 20.8 Å². The molecule has 2 heterocycles. The molecule has 96 valence electrons. The van der Waals surface area contributed by atoms with Crippen molar-refractivity contribution in [2.24, 2.45) is 0 Å². The molecule has 9 heteroatoms. The lowest BCUT2D eigenvalue weighted by Gasteiger charge is -2.12. The summed E-state index contributed by atoms with van der Waals surface area (Å²) in [6.45, 7) is 6.11. The van der Waals surface area contributed by atoms with Crippen molar-refractivity contribution < 1.29 is 4.79 Å². The van der Waals surface area contributed by atoms with E-state index in [0.29, 0.717) is 5.13 Å². The second kappa shape index (κ2) is 4.69. The molecule has 0 unspecified atom stereocenters. The van der Waals surface area contributed by atoms with Crippen LogP contribution in [0.5, 0.6) is 0 Å². The molecule has 0 aromatic carbocycles. The van der Waals surface area contributed by atoms with Gasteiger partial charge >= 0.3 is 6.03 Å². The Bertz CT molecular complexity index is 527. The molecule has 2 aromatic rings. The van der Waals surface area contributed by atoms with Gasteiger partial charge < -0.3 is 0 Å². The number of carbonyl (C=O) groups excluding carboxylic acids is 1. The second-order valence-corrected chi connectivity index (χ2v) is 5.57. The molecule has 0 fully saturated rings. The number of hydrogen-bond acceptors (Lipinski definition) is 6. The Morgan fingerprint density at radius 2 is 1.94 bits per heavy atom. The van der Waals surface area contributed by atoms with Crippen LogP contribution in [-0.4, -0.2) is 31.1 Å². The van der Waals surface area contributed by atoms with Crippen molar-refractivity contribution in [3.05, 3.63) is 17.7 Å². The van der Waals surface area contributed by atoms with Crippen LogP contribution in [0.4, 0.5) is 9.93 Å². The Morgan fingerprint density at radius 3 is 2.50 bits per heavy atom. The number of rotatable bonds is 2. The quantitative estimate of drug-likeness (QED) is 0.852. The molecule has 0 aliphatic heterocycles. The first-order valence-electron chi connectivity index (χ1n) is 5.22. The summed E-state index contributed by atoms with van der Waals surface area (Å²) >= 11 is 1.35. The van der Waals surface area contributed by atoms with Gasteiger partial charge in [-0.05, 0) is 0 Å². The van der Waals surface area contributed by atoms with Crippen LogP contribution in [0.15, 0.2) is 12.7 Å². The fourth-order valence-electron chi connectivity index (χ4n) is 1.08. The summed E-state index contributed by atoms with van der Waals surface area (Å²) in [5.41, 5.74) is 2.42. The predicted octanol–water partition coefficient (Wildman–Crippen LogP) is 1.20. The van der Waals surface area contributed by atoms with Crippen LogP contribution in [-0.2, 0) is 5.41 Å². The molecule has 2 amide bonds. The van der Waals surface area contributed by atoms with Gasteiger partial charge in [-0.25, -0.2) is 14.9 Å². The van der Waals surface area contributed by atoms with Gasteiger partial charge in [0, 0.05) is 5.41 Å². The number of hydrogen-bond donors (Lipinski definition) is 2. The molecule has 0 atom stereocenters. The number of carbonyl (C=O) groups is 1. The van der Waals surface area contributed by atoms with Crippen LogP contribution in [0, 0.1) is 0 Å². The van der Waals surface area contributed by atoms with Crippen molar-refractivity contribution in [3.63, 3.8) is 0 Å². The summed E-state index contributed by atoms with van der Waals surface area (Å²) in [6.07, 6.45) is 2.75. The molecule has 8 nitrogen and oxygen atoms in total. The van der Waals surface area contributed by atoms with Gasteiger partial charge in [0.05, 0.1) is 0 Å². The van der Waals surface area contributed by atoms with Crippen LogP contribution in [0.3, 0.4) is 0 Å². The Balaban J connectivity index is 1.97. The van der Waals surface area contributed by atoms with E-state index in [-0.39, 0.29) is 5.41 Å². The first-order chi connectivity index (χ1) is 8.45. The predicted molar refractivity (Wildman–Crippen MR) is 67.0 cm³/mol. The third-order valence-corrected chi connectivity index (χ3v) is 3.20. The molecule has 2 rings (SSSR count). The smallest absolute Gasteiger partial charge is 0.281 e. The van der Waals surface area contributed by atoms with Crippen LogP contribution < -0.4 is 10.7 Å². The molecule has 0 aliphatic carbocycles. The maximum absolute atomic E-state index is 11.6. The topological polar surface area (TPSA) is 97.6 Å². The van der Waals surface area contributed by atoms with Crippen molar-refractivity contribution in [1.82, 2.24) is 25.1 Å². The van der Waals surface area contributed by atoms with E-state index >= 15 is 0 Å². The fraction of sp³-hybridized carbons (Fsp3) is 0.444. The van der Waals surface area contributed by atoms with Crippen molar-refractivity contribution in [2.45, 2.75) is 26.2 Å². The fourth-order valence-corrected chi connectivity index (χ4v) is 1.87. The number of aromatic nitrogens is 5. The van der Waals surface area contributed by atoms with Gasteiger partial charge in [0.25, 0.3) is 0 Å². The third-order valence-electron chi connectivity index (χ3n) is 1.94. The number of amides is 2. The normalized spacial score (nSPS) is 11.3. The van der Waals surface area contributed by atoms with E-state index in [0.717, 1.165) is 5.01 Å². The van der Waals surface area contributed by atoms with Crippen LogP contribution >= 0.6 is 11.3 Å². The first kappa shape index (κ1) is 12.4. The highest BCUT2D eigenvalue weighted by atomic mass is 32.1. The zero-order valence-corrected chi connectivity index (χ0v) is 11.0. The SMILES string of the molecule is CC(C)(C)c1nnc(NC(=O)Nn2cnnc2)s1. The maximum Gasteiger partial charge on any atom is 0.340 e. The number of urea groups is 1. The molecule has 0 aliphatic rings. The molecule has 18 heavy (non-hydrogen) atoms. The van der Waals surface area contributed by atoms with E-state index in [4.69, 9.17) is 0 Å².